The van der Waals surface area contributed by atoms with Crippen molar-refractivity contribution in [2.75, 3.05) is 0 Å². The first-order chi connectivity index (χ1) is 19.8. The molecule has 186 valence electrons. The van der Waals surface area contributed by atoms with E-state index in [-0.39, 0.29) is 0 Å². The number of hydrogen-bond donors (Lipinski definition) is 0. The number of para-hydroxylation sites is 2. The van der Waals surface area contributed by atoms with Gasteiger partial charge in [-0.25, -0.2) is 4.98 Å². The van der Waals surface area contributed by atoms with Gasteiger partial charge in [0.15, 0.2) is 0 Å². The number of pyridine rings is 2. The van der Waals surface area contributed by atoms with Crippen LogP contribution < -0.4 is 0 Å². The van der Waals surface area contributed by atoms with E-state index in [1.165, 1.54) is 0 Å². The molecular weight excluding hydrogens is 492 g/mol. The first-order valence-corrected chi connectivity index (χ1v) is 13.3. The third kappa shape index (κ3) is 3.01. The second-order valence-corrected chi connectivity index (χ2v) is 10.2. The van der Waals surface area contributed by atoms with E-state index in [9.17, 15) is 0 Å². The van der Waals surface area contributed by atoms with Crippen LogP contribution in [0.3, 0.4) is 0 Å². The number of nitrogens with zero attached hydrogens (tertiary/aromatic N) is 2. The van der Waals surface area contributed by atoms with Crippen LogP contribution in [0.5, 0.6) is 0 Å². The first kappa shape index (κ1) is 21.5. The number of fused-ring (bicyclic) bond motifs is 9. The minimum atomic E-state index is 0.835. The average molecular weight is 513 g/mol. The van der Waals surface area contributed by atoms with E-state index in [1.54, 1.807) is 0 Å². The molecule has 0 radical (unpaired) electrons. The van der Waals surface area contributed by atoms with E-state index < -0.39 is 0 Å². The molecule has 0 atom stereocenters. The highest BCUT2D eigenvalue weighted by Gasteiger charge is 2.21. The van der Waals surface area contributed by atoms with Crippen molar-refractivity contribution in [2.24, 2.45) is 0 Å². The van der Waals surface area contributed by atoms with Gasteiger partial charge in [0.25, 0.3) is 0 Å². The summed E-state index contributed by atoms with van der Waals surface area (Å²) in [5.74, 6) is 0. The van der Waals surface area contributed by atoms with E-state index >= 15 is 0 Å². The molecule has 0 unspecified atom stereocenters. The smallest absolute Gasteiger partial charge is 0.147 e. The van der Waals surface area contributed by atoms with E-state index in [0.29, 0.717) is 0 Å². The fourth-order valence-electron chi connectivity index (χ4n) is 5.99. The summed E-state index contributed by atoms with van der Waals surface area (Å²) in [7, 11) is 0. The van der Waals surface area contributed by atoms with Gasteiger partial charge in [0, 0.05) is 44.1 Å². The van der Waals surface area contributed by atoms with Crippen LogP contribution in [0.1, 0.15) is 0 Å². The largest absolute Gasteiger partial charge is 0.455 e. The van der Waals surface area contributed by atoms with Gasteiger partial charge in [-0.15, -0.1) is 0 Å². The summed E-state index contributed by atoms with van der Waals surface area (Å²) in [6.45, 7) is 0. The fraction of sp³-hybridized carbons (Fsp3) is 0. The Morgan fingerprint density at radius 3 is 1.77 bits per heavy atom. The highest BCUT2D eigenvalue weighted by molar-refractivity contribution is 6.22. The third-order valence-electron chi connectivity index (χ3n) is 7.91. The zero-order valence-corrected chi connectivity index (χ0v) is 21.3. The SMILES string of the molecule is c1cnc2c(c1)ccc1ccc(-c3ccc(-c4c5oc6ccccc6c5cc5c4oc4ccccc45)cc3)nc12. The Kier molecular flexibility index (Phi) is 4.30. The minimum absolute atomic E-state index is 0.835. The predicted octanol–water partition coefficient (Wildman–Crippen LogP) is 9.92. The van der Waals surface area contributed by atoms with Gasteiger partial charge in [-0.05, 0) is 35.9 Å². The molecule has 0 aliphatic carbocycles. The van der Waals surface area contributed by atoms with Gasteiger partial charge >= 0.3 is 0 Å². The Labute approximate surface area is 228 Å². The van der Waals surface area contributed by atoms with E-state index in [2.05, 4.69) is 89.9 Å². The van der Waals surface area contributed by atoms with Crippen molar-refractivity contribution in [3.05, 3.63) is 121 Å². The highest BCUT2D eigenvalue weighted by atomic mass is 16.3. The first-order valence-electron chi connectivity index (χ1n) is 13.3. The monoisotopic (exact) mass is 512 g/mol. The van der Waals surface area contributed by atoms with Gasteiger partial charge in [0.1, 0.15) is 22.3 Å². The maximum atomic E-state index is 6.47. The Balaban J connectivity index is 1.27. The van der Waals surface area contributed by atoms with Crippen molar-refractivity contribution in [3.63, 3.8) is 0 Å². The molecule has 4 heterocycles. The molecule has 0 aliphatic rings. The Bertz CT molecular complexity index is 2340. The molecule has 40 heavy (non-hydrogen) atoms. The topological polar surface area (TPSA) is 52.1 Å². The van der Waals surface area contributed by atoms with Crippen LogP contribution in [0.2, 0.25) is 0 Å². The lowest BCUT2D eigenvalue weighted by molar-refractivity contribution is 0.658. The van der Waals surface area contributed by atoms with Gasteiger partial charge < -0.3 is 8.83 Å². The molecule has 0 saturated carbocycles. The summed E-state index contributed by atoms with van der Waals surface area (Å²) < 4.78 is 12.9. The molecule has 0 aliphatic heterocycles. The second kappa shape index (κ2) is 8.01. The number of benzene rings is 5. The maximum absolute atomic E-state index is 6.47. The standard InChI is InChI=1S/C36H20N2O2/c1-3-9-30-25(7-1)27-20-28-26-8-2-4-10-31(26)40-36(28)32(35(27)39-30)22-13-11-21(12-14-22)29-18-17-24-16-15-23-6-5-19-37-33(23)34(24)38-29/h1-20H. The molecule has 9 aromatic rings. The van der Waals surface area contributed by atoms with Crippen LogP contribution in [-0.4, -0.2) is 9.97 Å². The molecule has 0 saturated heterocycles. The van der Waals surface area contributed by atoms with Crippen molar-refractivity contribution in [3.8, 4) is 22.4 Å². The Morgan fingerprint density at radius 2 is 1.07 bits per heavy atom. The van der Waals surface area contributed by atoms with E-state index in [1.807, 2.05) is 36.5 Å². The normalized spacial score (nSPS) is 12.0. The van der Waals surface area contributed by atoms with Gasteiger partial charge in [-0.2, -0.15) is 0 Å². The lowest BCUT2D eigenvalue weighted by atomic mass is 9.97. The molecule has 0 bridgehead atoms. The van der Waals surface area contributed by atoms with Crippen molar-refractivity contribution in [1.82, 2.24) is 9.97 Å². The molecule has 0 amide bonds. The molecule has 0 fully saturated rings. The minimum Gasteiger partial charge on any atom is -0.455 e. The zero-order chi connectivity index (χ0) is 26.2. The highest BCUT2D eigenvalue weighted by Crippen LogP contribution is 2.44. The van der Waals surface area contributed by atoms with Crippen LogP contribution in [0, 0.1) is 0 Å². The lowest BCUT2D eigenvalue weighted by Crippen LogP contribution is -1.89. The lowest BCUT2D eigenvalue weighted by Gasteiger charge is -2.08. The molecule has 5 aromatic carbocycles. The van der Waals surface area contributed by atoms with Crippen molar-refractivity contribution in [1.29, 1.82) is 0 Å². The number of rotatable bonds is 2. The number of furan rings is 2. The van der Waals surface area contributed by atoms with Crippen LogP contribution in [0.4, 0.5) is 0 Å². The molecule has 4 nitrogen and oxygen atoms in total. The molecule has 9 rings (SSSR count). The zero-order valence-electron chi connectivity index (χ0n) is 21.3. The average Bonchev–Trinajstić information content (AvgIpc) is 3.58. The summed E-state index contributed by atoms with van der Waals surface area (Å²) in [6.07, 6.45) is 1.82. The van der Waals surface area contributed by atoms with Crippen LogP contribution in [-0.2, 0) is 0 Å². The molecular formula is C36H20N2O2. The summed E-state index contributed by atoms with van der Waals surface area (Å²) in [5, 5.41) is 6.54. The Morgan fingerprint density at radius 1 is 0.475 bits per heavy atom. The Hall–Kier alpha value is -5.48. The summed E-state index contributed by atoms with van der Waals surface area (Å²) >= 11 is 0. The summed E-state index contributed by atoms with van der Waals surface area (Å²) in [6, 6.07) is 39.5. The van der Waals surface area contributed by atoms with Gasteiger partial charge in [-0.1, -0.05) is 84.9 Å². The summed E-state index contributed by atoms with van der Waals surface area (Å²) in [4.78, 5) is 9.64. The van der Waals surface area contributed by atoms with Crippen molar-refractivity contribution < 1.29 is 8.83 Å². The van der Waals surface area contributed by atoms with E-state index in [4.69, 9.17) is 13.8 Å². The van der Waals surface area contributed by atoms with Crippen LogP contribution >= 0.6 is 0 Å². The quantitative estimate of drug-likeness (QED) is 0.216. The molecule has 4 aromatic heterocycles. The summed E-state index contributed by atoms with van der Waals surface area (Å²) in [5.41, 5.74) is 9.19. The van der Waals surface area contributed by atoms with Gasteiger partial charge in [0.2, 0.25) is 0 Å². The third-order valence-corrected chi connectivity index (χ3v) is 7.91. The molecule has 0 N–H and O–H groups in total. The van der Waals surface area contributed by atoms with Gasteiger partial charge in [0.05, 0.1) is 22.3 Å². The van der Waals surface area contributed by atoms with E-state index in [0.717, 1.165) is 88.1 Å². The molecule has 4 heteroatoms. The second-order valence-electron chi connectivity index (χ2n) is 10.2. The predicted molar refractivity (Wildman–Crippen MR) is 162 cm³/mol. The van der Waals surface area contributed by atoms with Crippen LogP contribution in [0.25, 0.3) is 88.1 Å². The molecule has 0 spiro atoms. The van der Waals surface area contributed by atoms with Crippen molar-refractivity contribution in [2.45, 2.75) is 0 Å². The fourth-order valence-corrected chi connectivity index (χ4v) is 5.99. The van der Waals surface area contributed by atoms with Crippen LogP contribution in [0.15, 0.2) is 130 Å². The number of aromatic nitrogens is 2. The maximum Gasteiger partial charge on any atom is 0.147 e. The van der Waals surface area contributed by atoms with Gasteiger partial charge in [-0.3, -0.25) is 4.98 Å². The number of hydrogen-bond acceptors (Lipinski definition) is 4. The van der Waals surface area contributed by atoms with Crippen molar-refractivity contribution >= 4 is 65.7 Å².